The monoisotopic (exact) mass is 351 g/mol. The zero-order valence-electron chi connectivity index (χ0n) is 14.6. The zero-order valence-corrected chi connectivity index (χ0v) is 14.6. The van der Waals surface area contributed by atoms with E-state index in [9.17, 15) is 9.90 Å². The number of nitriles is 1. The number of nitrogens with one attached hydrogen (secondary N) is 1. The van der Waals surface area contributed by atoms with Gasteiger partial charge in [0.05, 0.1) is 11.7 Å². The molecule has 26 heavy (non-hydrogen) atoms. The number of phenolic OH excluding ortho intramolecular Hbond substituents is 1. The van der Waals surface area contributed by atoms with Gasteiger partial charge in [-0.25, -0.2) is 0 Å². The maximum Gasteiger partial charge on any atom is 0.270 e. The van der Waals surface area contributed by atoms with E-state index < -0.39 is 0 Å². The number of carbonyl (C=O) groups excluding carboxylic acids is 1. The topological polar surface area (TPSA) is 95.2 Å². The number of hydrogen-bond acceptors (Lipinski definition) is 5. The Morgan fingerprint density at radius 2 is 2.04 bits per heavy atom. The zero-order chi connectivity index (χ0) is 18.5. The Balaban J connectivity index is 1.49. The maximum absolute atomic E-state index is 12.2. The highest BCUT2D eigenvalue weighted by molar-refractivity contribution is 5.92. The molecule has 3 rings (SSSR count). The van der Waals surface area contributed by atoms with Gasteiger partial charge >= 0.3 is 0 Å². The molecular weight excluding hydrogens is 330 g/mol. The number of nitrogens with zero attached hydrogens (tertiary/aromatic N) is 2. The van der Waals surface area contributed by atoms with Crippen LogP contribution in [-0.4, -0.2) is 28.1 Å². The summed E-state index contributed by atoms with van der Waals surface area (Å²) in [6.07, 6.45) is 5.00. The van der Waals surface area contributed by atoms with E-state index in [0.29, 0.717) is 11.4 Å². The molecule has 1 fully saturated rings. The van der Waals surface area contributed by atoms with Gasteiger partial charge in [0.25, 0.3) is 5.91 Å². The average molecular weight is 351 g/mol. The van der Waals surface area contributed by atoms with Crippen molar-refractivity contribution in [3.05, 3.63) is 53.3 Å². The first-order valence-electron chi connectivity index (χ1n) is 8.68. The number of aromatic nitrogens is 1. The average Bonchev–Trinajstić information content (AvgIpc) is 2.64. The summed E-state index contributed by atoms with van der Waals surface area (Å²) in [4.78, 5) is 16.4. The smallest absolute Gasteiger partial charge is 0.270 e. The molecule has 1 aromatic carbocycles. The van der Waals surface area contributed by atoms with Crippen LogP contribution in [0.2, 0.25) is 0 Å². The first kappa shape index (κ1) is 17.7. The Morgan fingerprint density at radius 1 is 1.27 bits per heavy atom. The fraction of sp³-hybridized carbons (Fsp3) is 0.350. The molecule has 1 aliphatic rings. The minimum Gasteiger partial charge on any atom is -0.506 e. The van der Waals surface area contributed by atoms with Crippen LogP contribution in [-0.2, 0) is 0 Å². The predicted octanol–water partition coefficient (Wildman–Crippen LogP) is 3.09. The molecule has 2 N–H and O–H groups in total. The second-order valence-electron chi connectivity index (χ2n) is 6.58. The highest BCUT2D eigenvalue weighted by Gasteiger charge is 2.24. The maximum atomic E-state index is 12.2. The van der Waals surface area contributed by atoms with Crippen LogP contribution in [0.15, 0.2) is 36.5 Å². The number of carbonyl (C=O) groups is 1. The van der Waals surface area contributed by atoms with E-state index in [1.165, 1.54) is 6.07 Å². The van der Waals surface area contributed by atoms with Crippen molar-refractivity contribution in [2.24, 2.45) is 0 Å². The Labute approximate surface area is 152 Å². The third kappa shape index (κ3) is 4.31. The van der Waals surface area contributed by atoms with Gasteiger partial charge in [-0.1, -0.05) is 6.07 Å². The van der Waals surface area contributed by atoms with Gasteiger partial charge in [0.2, 0.25) is 0 Å². The first-order chi connectivity index (χ1) is 12.5. The van der Waals surface area contributed by atoms with Gasteiger partial charge in [-0.3, -0.25) is 9.78 Å². The lowest BCUT2D eigenvalue weighted by atomic mass is 9.92. The lowest BCUT2D eigenvalue weighted by molar-refractivity contribution is 0.0889. The number of aryl methyl sites for hydroxylation is 1. The Bertz CT molecular complexity index is 819. The standard InChI is InChI=1S/C20H21N3O3/c1-13-2-9-18(22-12-13)20(25)23-15-4-7-16(8-5-15)26-17-6-3-14(11-21)19(24)10-17/h2-3,6,9-10,12,15-16,24H,4-5,7-8H2,1H3,(H,23,25)/t15-,16-. The van der Waals surface area contributed by atoms with Crippen molar-refractivity contribution >= 4 is 5.91 Å². The molecule has 6 nitrogen and oxygen atoms in total. The number of rotatable bonds is 4. The van der Waals surface area contributed by atoms with Crippen molar-refractivity contribution in [2.45, 2.75) is 44.8 Å². The highest BCUT2D eigenvalue weighted by Crippen LogP contribution is 2.27. The molecule has 0 spiro atoms. The van der Waals surface area contributed by atoms with Gasteiger partial charge < -0.3 is 15.2 Å². The third-order valence-electron chi connectivity index (χ3n) is 4.55. The number of pyridine rings is 1. The normalized spacial score (nSPS) is 19.4. The highest BCUT2D eigenvalue weighted by atomic mass is 16.5. The Morgan fingerprint density at radius 3 is 2.65 bits per heavy atom. The summed E-state index contributed by atoms with van der Waals surface area (Å²) < 4.78 is 5.89. The molecular formula is C20H21N3O3. The summed E-state index contributed by atoms with van der Waals surface area (Å²) in [5.41, 5.74) is 1.68. The van der Waals surface area contributed by atoms with E-state index in [1.54, 1.807) is 24.4 Å². The minimum absolute atomic E-state index is 0.0352. The molecule has 134 valence electrons. The lowest BCUT2D eigenvalue weighted by Crippen LogP contribution is -2.40. The van der Waals surface area contributed by atoms with Crippen molar-refractivity contribution in [3.63, 3.8) is 0 Å². The summed E-state index contributed by atoms with van der Waals surface area (Å²) in [7, 11) is 0. The van der Waals surface area contributed by atoms with Crippen molar-refractivity contribution in [1.29, 1.82) is 5.26 Å². The van der Waals surface area contributed by atoms with Gasteiger partial charge in [0.1, 0.15) is 23.3 Å². The Kier molecular flexibility index (Phi) is 5.37. The van der Waals surface area contributed by atoms with Crippen molar-refractivity contribution < 1.29 is 14.6 Å². The summed E-state index contributed by atoms with van der Waals surface area (Å²) in [5, 5.41) is 21.6. The van der Waals surface area contributed by atoms with Crippen molar-refractivity contribution in [1.82, 2.24) is 10.3 Å². The second-order valence-corrected chi connectivity index (χ2v) is 6.58. The molecule has 1 aliphatic carbocycles. The van der Waals surface area contributed by atoms with E-state index in [2.05, 4.69) is 10.3 Å². The van der Waals surface area contributed by atoms with E-state index >= 15 is 0 Å². The molecule has 1 heterocycles. The van der Waals surface area contributed by atoms with E-state index in [4.69, 9.17) is 10.00 Å². The summed E-state index contributed by atoms with van der Waals surface area (Å²) >= 11 is 0. The molecule has 0 bridgehead atoms. The fourth-order valence-electron chi connectivity index (χ4n) is 3.06. The molecule has 0 unspecified atom stereocenters. The fourth-order valence-corrected chi connectivity index (χ4v) is 3.06. The van der Waals surface area contributed by atoms with Crippen molar-refractivity contribution in [3.8, 4) is 17.6 Å². The van der Waals surface area contributed by atoms with Crippen LogP contribution in [0.1, 0.15) is 47.3 Å². The number of phenols is 1. The number of hydrogen-bond donors (Lipinski definition) is 2. The molecule has 2 aromatic rings. The number of ether oxygens (including phenoxy) is 1. The lowest BCUT2D eigenvalue weighted by Gasteiger charge is -2.29. The van der Waals surface area contributed by atoms with Crippen LogP contribution >= 0.6 is 0 Å². The molecule has 1 aromatic heterocycles. The molecule has 1 amide bonds. The number of benzene rings is 1. The molecule has 0 atom stereocenters. The minimum atomic E-state index is -0.147. The number of amides is 1. The summed E-state index contributed by atoms with van der Waals surface area (Å²) in [6.45, 7) is 1.93. The van der Waals surface area contributed by atoms with Gasteiger partial charge in [0, 0.05) is 18.3 Å². The van der Waals surface area contributed by atoms with Gasteiger partial charge in [-0.15, -0.1) is 0 Å². The van der Waals surface area contributed by atoms with Crippen LogP contribution in [0.5, 0.6) is 11.5 Å². The van der Waals surface area contributed by atoms with Crippen LogP contribution in [0.4, 0.5) is 0 Å². The second kappa shape index (κ2) is 7.87. The molecule has 1 saturated carbocycles. The molecule has 0 radical (unpaired) electrons. The van der Waals surface area contributed by atoms with Gasteiger partial charge in [-0.05, 0) is 56.4 Å². The molecule has 0 saturated heterocycles. The van der Waals surface area contributed by atoms with Crippen molar-refractivity contribution in [2.75, 3.05) is 0 Å². The van der Waals surface area contributed by atoms with Gasteiger partial charge in [0.15, 0.2) is 0 Å². The third-order valence-corrected chi connectivity index (χ3v) is 4.55. The van der Waals surface area contributed by atoms with Crippen LogP contribution < -0.4 is 10.1 Å². The molecule has 6 heteroatoms. The summed E-state index contributed by atoms with van der Waals surface area (Å²) in [6, 6.07) is 10.3. The van der Waals surface area contributed by atoms with Crippen LogP contribution in [0.3, 0.4) is 0 Å². The summed E-state index contributed by atoms with van der Waals surface area (Å²) in [5.74, 6) is 0.334. The number of aromatic hydroxyl groups is 1. The van der Waals surface area contributed by atoms with E-state index in [0.717, 1.165) is 31.2 Å². The van der Waals surface area contributed by atoms with Gasteiger partial charge in [-0.2, -0.15) is 5.26 Å². The molecule has 0 aliphatic heterocycles. The SMILES string of the molecule is Cc1ccc(C(=O)N[C@H]2CC[C@H](Oc3ccc(C#N)c(O)c3)CC2)nc1. The largest absolute Gasteiger partial charge is 0.506 e. The predicted molar refractivity (Wildman–Crippen MR) is 95.9 cm³/mol. The quantitative estimate of drug-likeness (QED) is 0.882. The van der Waals surface area contributed by atoms with E-state index in [-0.39, 0.29) is 29.4 Å². The first-order valence-corrected chi connectivity index (χ1v) is 8.68. The van der Waals surface area contributed by atoms with E-state index in [1.807, 2.05) is 19.1 Å². The Hall–Kier alpha value is -3.07. The van der Waals surface area contributed by atoms with Crippen LogP contribution in [0, 0.1) is 18.3 Å². The van der Waals surface area contributed by atoms with Crippen LogP contribution in [0.25, 0.3) is 0 Å².